The van der Waals surface area contributed by atoms with Gasteiger partial charge in [0.15, 0.2) is 35.0 Å². The Kier molecular flexibility index (Phi) is 8.20. The molecule has 2 saturated heterocycles. The lowest BCUT2D eigenvalue weighted by Crippen LogP contribution is -2.37. The number of imidazole rings is 1. The van der Waals surface area contributed by atoms with Gasteiger partial charge in [0.2, 0.25) is 0 Å². The van der Waals surface area contributed by atoms with Gasteiger partial charge in [-0.05, 0) is 26.0 Å². The number of halogens is 3. The molecule has 3 aliphatic heterocycles. The fraction of sp³-hybridized carbons (Fsp3) is 0.270. The Balaban J connectivity index is 1.06. The number of amides is 1. The van der Waals surface area contributed by atoms with E-state index in [0.29, 0.717) is 22.3 Å². The summed E-state index contributed by atoms with van der Waals surface area (Å²) in [5.41, 5.74) is 6.74. The minimum atomic E-state index is -5.21. The van der Waals surface area contributed by atoms with Crippen LogP contribution < -0.4 is 20.5 Å². The van der Waals surface area contributed by atoms with E-state index < -0.39 is 59.5 Å². The number of hydrogen-bond acceptors (Lipinski definition) is 11. The second-order valence-electron chi connectivity index (χ2n) is 13.0. The zero-order valence-corrected chi connectivity index (χ0v) is 28.1. The Morgan fingerprint density at radius 1 is 0.943 bits per heavy atom. The number of nitrogens with zero attached hydrogens (tertiary/aromatic N) is 4. The number of hydrogen-bond donors (Lipinski definition) is 2. The number of rotatable bonds is 8. The predicted molar refractivity (Wildman–Crippen MR) is 181 cm³/mol. The molecule has 1 amide bonds. The number of nitrogens with two attached hydrogens (primary N) is 1. The van der Waals surface area contributed by atoms with E-state index in [1.807, 2.05) is 0 Å². The number of Topliss-reactive ketones (excluding diaryl/α,β-unsaturated/α-hetero) is 1. The van der Waals surface area contributed by atoms with Crippen molar-refractivity contribution in [3.05, 3.63) is 120 Å². The Morgan fingerprint density at radius 3 is 2.30 bits per heavy atom. The van der Waals surface area contributed by atoms with Crippen molar-refractivity contribution < 1.29 is 46.4 Å². The summed E-state index contributed by atoms with van der Waals surface area (Å²) in [7, 11) is 0. The third kappa shape index (κ3) is 6.03. The van der Waals surface area contributed by atoms with Crippen LogP contribution >= 0.6 is 0 Å². The molecule has 2 unspecified atom stereocenters. The van der Waals surface area contributed by atoms with Crippen LogP contribution in [0.2, 0.25) is 0 Å². The number of anilines is 1. The van der Waals surface area contributed by atoms with Crippen molar-refractivity contribution in [1.29, 1.82) is 0 Å². The lowest BCUT2D eigenvalue weighted by atomic mass is 9.97. The maximum Gasteiger partial charge on any atom is 0.454 e. The molecule has 2 fully saturated rings. The fourth-order valence-corrected chi connectivity index (χ4v) is 6.78. The third-order valence-corrected chi connectivity index (χ3v) is 9.06. The van der Waals surface area contributed by atoms with Crippen LogP contribution in [-0.4, -0.2) is 68.0 Å². The second-order valence-corrected chi connectivity index (χ2v) is 13.0. The number of alkyl halides is 3. The molecule has 13 nitrogen and oxygen atoms in total. The van der Waals surface area contributed by atoms with Crippen LogP contribution in [0.25, 0.3) is 11.2 Å². The van der Waals surface area contributed by atoms with Gasteiger partial charge in [-0.2, -0.15) is 13.2 Å². The van der Waals surface area contributed by atoms with E-state index in [2.05, 4.69) is 20.3 Å². The summed E-state index contributed by atoms with van der Waals surface area (Å²) >= 11 is 0. The molecule has 8 rings (SSSR count). The largest absolute Gasteiger partial charge is 0.454 e. The minimum Gasteiger partial charge on any atom is -0.440 e. The first-order valence-corrected chi connectivity index (χ1v) is 16.5. The van der Waals surface area contributed by atoms with E-state index in [0.717, 1.165) is 12.1 Å². The predicted octanol–water partition coefficient (Wildman–Crippen LogP) is 5.23. The van der Waals surface area contributed by atoms with Crippen molar-refractivity contribution in [2.24, 2.45) is 0 Å². The number of nitrogens with one attached hydrogen (secondary N) is 1. The number of ether oxygens (including phenoxy) is 5. The Labute approximate surface area is 299 Å². The van der Waals surface area contributed by atoms with Gasteiger partial charge in [-0.1, -0.05) is 72.8 Å². The summed E-state index contributed by atoms with van der Waals surface area (Å²) in [6.45, 7) is 3.47. The number of ketones is 1. The Hall–Kier alpha value is -5.84. The van der Waals surface area contributed by atoms with Crippen molar-refractivity contribution in [3.63, 3.8) is 0 Å². The average molecular weight is 729 g/mol. The van der Waals surface area contributed by atoms with Crippen LogP contribution in [0.3, 0.4) is 0 Å². The maximum atomic E-state index is 13.8. The molecule has 272 valence electrons. The molecule has 16 heteroatoms. The van der Waals surface area contributed by atoms with Gasteiger partial charge in [0.25, 0.3) is 11.7 Å². The van der Waals surface area contributed by atoms with Crippen LogP contribution in [0.4, 0.5) is 19.0 Å². The number of aromatic nitrogens is 4. The first kappa shape index (κ1) is 34.3. The monoisotopic (exact) mass is 728 g/mol. The molecule has 53 heavy (non-hydrogen) atoms. The molecule has 2 aromatic heterocycles. The molecule has 0 spiro atoms. The SMILES string of the molecule is CC1(C)OC2C(O1)[C@@H](/C=C/CNC(=O)c1cc(C(=O)C(F)(F)F)cc3c1OC(c1ccccc1)(c1ccccc1)O3)O[C@H]2n1cnc2c(N)ncnc21. The van der Waals surface area contributed by atoms with Crippen LogP contribution in [-0.2, 0) is 20.0 Å². The van der Waals surface area contributed by atoms with E-state index in [4.69, 9.17) is 29.4 Å². The van der Waals surface area contributed by atoms with Crippen molar-refractivity contribution in [3.8, 4) is 11.5 Å². The van der Waals surface area contributed by atoms with Gasteiger partial charge in [0.05, 0.1) is 11.9 Å². The van der Waals surface area contributed by atoms with Crippen molar-refractivity contribution in [2.75, 3.05) is 12.3 Å². The number of benzene rings is 3. The van der Waals surface area contributed by atoms with E-state index in [1.54, 1.807) is 91.2 Å². The minimum absolute atomic E-state index is 0.0850. The first-order chi connectivity index (χ1) is 25.3. The molecule has 3 aromatic carbocycles. The fourth-order valence-electron chi connectivity index (χ4n) is 6.78. The third-order valence-electron chi connectivity index (χ3n) is 9.06. The summed E-state index contributed by atoms with van der Waals surface area (Å²) in [6.07, 6.45) is -1.52. The van der Waals surface area contributed by atoms with Gasteiger partial charge >= 0.3 is 12.0 Å². The number of nitrogen functional groups attached to an aromatic ring is 1. The quantitative estimate of drug-likeness (QED) is 0.159. The van der Waals surface area contributed by atoms with Gasteiger partial charge < -0.3 is 34.7 Å². The highest BCUT2D eigenvalue weighted by atomic mass is 19.4. The smallest absolute Gasteiger partial charge is 0.440 e. The van der Waals surface area contributed by atoms with Crippen LogP contribution in [0.15, 0.2) is 97.6 Å². The van der Waals surface area contributed by atoms with Gasteiger partial charge in [-0.25, -0.2) is 15.0 Å². The summed E-state index contributed by atoms with van der Waals surface area (Å²) in [6, 6.07) is 19.3. The standard InChI is InChI=1S/C37H31F3N6O7/c1-35(2)51-28-24(49-34(29(28)52-35)46-19-45-26-31(41)43-18-44-32(26)46)14-9-15-42-33(48)23-16-20(30(47)37(38,39)40)17-25-27(23)53-36(50-25,21-10-5-3-6-11-21)22-12-7-4-8-13-22/h3-14,16-19,24,28-29,34H,15H2,1-2H3,(H,42,48)(H2,41,43,44)/b14-9+/t24-,28?,29?,34-/m1/s1. The van der Waals surface area contributed by atoms with E-state index in [1.165, 1.54) is 12.7 Å². The molecule has 5 aromatic rings. The van der Waals surface area contributed by atoms with Crippen molar-refractivity contribution in [2.45, 2.75) is 56.1 Å². The van der Waals surface area contributed by atoms with Crippen LogP contribution in [0, 0.1) is 0 Å². The highest BCUT2D eigenvalue weighted by Gasteiger charge is 2.55. The second kappa shape index (κ2) is 12.7. The first-order valence-electron chi connectivity index (χ1n) is 16.5. The highest BCUT2D eigenvalue weighted by Crippen LogP contribution is 2.50. The van der Waals surface area contributed by atoms with E-state index in [9.17, 15) is 22.8 Å². The van der Waals surface area contributed by atoms with Gasteiger partial charge in [0, 0.05) is 23.2 Å². The Morgan fingerprint density at radius 2 is 1.62 bits per heavy atom. The zero-order valence-electron chi connectivity index (χ0n) is 28.1. The van der Waals surface area contributed by atoms with E-state index >= 15 is 0 Å². The van der Waals surface area contributed by atoms with Crippen molar-refractivity contribution >= 4 is 28.7 Å². The summed E-state index contributed by atoms with van der Waals surface area (Å²) in [5, 5.41) is 2.68. The average Bonchev–Trinajstić information content (AvgIpc) is 3.90. The normalized spacial score (nSPS) is 22.7. The summed E-state index contributed by atoms with van der Waals surface area (Å²) in [4.78, 5) is 38.8. The summed E-state index contributed by atoms with van der Waals surface area (Å²) in [5.74, 6) is -5.67. The number of carbonyl (C=O) groups is 2. The van der Waals surface area contributed by atoms with Crippen LogP contribution in [0.1, 0.15) is 51.9 Å². The molecule has 0 saturated carbocycles. The molecule has 3 N–H and O–H groups in total. The molecule has 0 radical (unpaired) electrons. The molecular weight excluding hydrogens is 697 g/mol. The maximum absolute atomic E-state index is 13.8. The van der Waals surface area contributed by atoms with Gasteiger partial charge in [-0.3, -0.25) is 14.2 Å². The lowest BCUT2D eigenvalue weighted by molar-refractivity contribution is -0.191. The van der Waals surface area contributed by atoms with Gasteiger partial charge in [-0.15, -0.1) is 0 Å². The highest BCUT2D eigenvalue weighted by molar-refractivity contribution is 6.05. The van der Waals surface area contributed by atoms with Gasteiger partial charge in [0.1, 0.15) is 30.2 Å². The summed E-state index contributed by atoms with van der Waals surface area (Å²) < 4.78 is 74.1. The molecule has 4 atom stereocenters. The van der Waals surface area contributed by atoms with Crippen molar-refractivity contribution in [1.82, 2.24) is 24.8 Å². The molecule has 0 bridgehead atoms. The molecule has 5 heterocycles. The molecule has 3 aliphatic rings. The van der Waals surface area contributed by atoms with Crippen LogP contribution in [0.5, 0.6) is 11.5 Å². The number of fused-ring (bicyclic) bond motifs is 3. The zero-order chi connectivity index (χ0) is 37.1. The number of carbonyl (C=O) groups excluding carboxylic acids is 2. The molecular formula is C37H31F3N6O7. The van der Waals surface area contributed by atoms with E-state index in [-0.39, 0.29) is 29.4 Å². The molecule has 0 aliphatic carbocycles. The topological polar surface area (TPSA) is 162 Å². The lowest BCUT2D eigenvalue weighted by Gasteiger charge is -2.28. The Bertz CT molecular complexity index is 2210.